The van der Waals surface area contributed by atoms with E-state index in [2.05, 4.69) is 19.1 Å². The van der Waals surface area contributed by atoms with Crippen LogP contribution in [-0.2, 0) is 16.0 Å². The highest BCUT2D eigenvalue weighted by molar-refractivity contribution is 7.99. The second kappa shape index (κ2) is 12.7. The van der Waals surface area contributed by atoms with Gasteiger partial charge in [0.15, 0.2) is 0 Å². The fraction of sp³-hybridized carbons (Fsp3) is 0.565. The maximum absolute atomic E-state index is 12.2. The van der Waals surface area contributed by atoms with Crippen LogP contribution in [0.25, 0.3) is 0 Å². The molecule has 0 aliphatic carbocycles. The molecule has 0 saturated carbocycles. The van der Waals surface area contributed by atoms with Crippen LogP contribution in [0, 0.1) is 5.92 Å². The van der Waals surface area contributed by atoms with Gasteiger partial charge >= 0.3 is 5.97 Å². The van der Waals surface area contributed by atoms with E-state index < -0.39 is 12.1 Å². The van der Waals surface area contributed by atoms with E-state index in [0.717, 1.165) is 30.8 Å². The van der Waals surface area contributed by atoms with Gasteiger partial charge in [-0.05, 0) is 42.9 Å². The van der Waals surface area contributed by atoms with Gasteiger partial charge in [-0.3, -0.25) is 9.59 Å². The van der Waals surface area contributed by atoms with Crippen molar-refractivity contribution in [1.29, 1.82) is 0 Å². The number of rotatable bonds is 13. The Morgan fingerprint density at radius 2 is 2.07 bits per heavy atom. The van der Waals surface area contributed by atoms with E-state index >= 15 is 0 Å². The first-order valence-electron chi connectivity index (χ1n) is 10.5. The number of likely N-dealkylation sites (tertiary alicyclic amines) is 1. The van der Waals surface area contributed by atoms with Crippen molar-refractivity contribution in [3.05, 3.63) is 48.0 Å². The maximum Gasteiger partial charge on any atom is 0.303 e. The molecule has 1 saturated heterocycles. The van der Waals surface area contributed by atoms with Crippen molar-refractivity contribution in [2.24, 2.45) is 5.92 Å². The number of aliphatic carboxylic acids is 1. The fourth-order valence-corrected chi connectivity index (χ4v) is 4.36. The lowest BCUT2D eigenvalue weighted by Gasteiger charge is -2.23. The first-order chi connectivity index (χ1) is 14.0. The van der Waals surface area contributed by atoms with E-state index in [4.69, 9.17) is 5.11 Å². The first-order valence-corrected chi connectivity index (χ1v) is 11.6. The van der Waals surface area contributed by atoms with Crippen LogP contribution >= 0.6 is 11.8 Å². The molecule has 3 atom stereocenters. The molecule has 2 N–H and O–H groups in total. The number of aryl methyl sites for hydroxylation is 1. The van der Waals surface area contributed by atoms with Crippen molar-refractivity contribution in [2.75, 3.05) is 18.1 Å². The van der Waals surface area contributed by atoms with Gasteiger partial charge in [0.2, 0.25) is 5.91 Å². The minimum atomic E-state index is -0.762. The molecule has 1 fully saturated rings. The van der Waals surface area contributed by atoms with Gasteiger partial charge in [-0.1, -0.05) is 49.4 Å². The third-order valence-electron chi connectivity index (χ3n) is 5.38. The summed E-state index contributed by atoms with van der Waals surface area (Å²) in [5.41, 5.74) is 1.28. The zero-order valence-corrected chi connectivity index (χ0v) is 18.0. The highest BCUT2D eigenvalue weighted by atomic mass is 32.2. The second-order valence-corrected chi connectivity index (χ2v) is 8.90. The average Bonchev–Trinajstić information content (AvgIpc) is 3.07. The van der Waals surface area contributed by atoms with Gasteiger partial charge in [-0.25, -0.2) is 0 Å². The Kier molecular flexibility index (Phi) is 10.3. The van der Waals surface area contributed by atoms with Crippen LogP contribution in [0.5, 0.6) is 0 Å². The second-order valence-electron chi connectivity index (χ2n) is 7.68. The summed E-state index contributed by atoms with van der Waals surface area (Å²) in [6.07, 6.45) is 7.39. The summed E-state index contributed by atoms with van der Waals surface area (Å²) in [5.74, 6) is 1.17. The molecule has 0 spiro atoms. The molecule has 1 aromatic carbocycles. The monoisotopic (exact) mass is 419 g/mol. The van der Waals surface area contributed by atoms with E-state index in [1.807, 2.05) is 35.3 Å². The van der Waals surface area contributed by atoms with Crippen molar-refractivity contribution in [1.82, 2.24) is 4.90 Å². The predicted molar refractivity (Wildman–Crippen MR) is 118 cm³/mol. The average molecular weight is 420 g/mol. The minimum absolute atomic E-state index is 0.0538. The molecule has 5 nitrogen and oxygen atoms in total. The van der Waals surface area contributed by atoms with Crippen LogP contribution < -0.4 is 0 Å². The van der Waals surface area contributed by atoms with Crippen LogP contribution in [0.3, 0.4) is 0 Å². The number of carbonyl (C=O) groups excluding carboxylic acids is 1. The van der Waals surface area contributed by atoms with Gasteiger partial charge in [0.05, 0.1) is 12.1 Å². The number of carbonyl (C=O) groups is 2. The summed E-state index contributed by atoms with van der Waals surface area (Å²) in [6.45, 7) is 2.73. The largest absolute Gasteiger partial charge is 0.481 e. The molecule has 1 aliphatic rings. The van der Waals surface area contributed by atoms with Gasteiger partial charge < -0.3 is 15.1 Å². The molecule has 29 heavy (non-hydrogen) atoms. The van der Waals surface area contributed by atoms with Crippen molar-refractivity contribution >= 4 is 23.6 Å². The molecular weight excluding hydrogens is 386 g/mol. The molecule has 0 bridgehead atoms. The van der Waals surface area contributed by atoms with E-state index in [1.165, 1.54) is 5.56 Å². The zero-order chi connectivity index (χ0) is 21.1. The number of nitrogens with zero attached hydrogens (tertiary/aromatic N) is 1. The highest BCUT2D eigenvalue weighted by Crippen LogP contribution is 2.22. The molecular formula is C23H33NO4S. The number of aliphatic hydroxyl groups excluding tert-OH is 1. The van der Waals surface area contributed by atoms with Crippen molar-refractivity contribution < 1.29 is 19.8 Å². The number of carboxylic acids is 1. The summed E-state index contributed by atoms with van der Waals surface area (Å²) in [7, 11) is 0. The van der Waals surface area contributed by atoms with Gasteiger partial charge in [0.25, 0.3) is 0 Å². The van der Waals surface area contributed by atoms with Gasteiger partial charge in [-0.15, -0.1) is 0 Å². The topological polar surface area (TPSA) is 77.8 Å². The maximum atomic E-state index is 12.2. The van der Waals surface area contributed by atoms with E-state index in [1.54, 1.807) is 11.8 Å². The first kappa shape index (κ1) is 23.5. The molecule has 1 aliphatic heterocycles. The number of hydrogen-bond acceptors (Lipinski definition) is 4. The Hall–Kier alpha value is -1.79. The SMILES string of the molecule is C[C@@H](CCc1ccccc1)[C@H](O)C=C[C@H]1CCC(=O)N1CCSCCCC(=O)O. The predicted octanol–water partition coefficient (Wildman–Crippen LogP) is 3.76. The van der Waals surface area contributed by atoms with Gasteiger partial charge in [0, 0.05) is 25.1 Å². The number of benzene rings is 1. The van der Waals surface area contributed by atoms with Crippen LogP contribution in [-0.4, -0.2) is 57.2 Å². The minimum Gasteiger partial charge on any atom is -0.481 e. The van der Waals surface area contributed by atoms with Crippen LogP contribution in [0.1, 0.15) is 44.6 Å². The lowest BCUT2D eigenvalue weighted by Crippen LogP contribution is -2.34. The van der Waals surface area contributed by atoms with E-state index in [-0.39, 0.29) is 24.3 Å². The van der Waals surface area contributed by atoms with Gasteiger partial charge in [0.1, 0.15) is 0 Å². The number of aliphatic hydroxyl groups is 1. The van der Waals surface area contributed by atoms with Gasteiger partial charge in [-0.2, -0.15) is 11.8 Å². The molecule has 0 unspecified atom stereocenters. The summed E-state index contributed by atoms with van der Waals surface area (Å²) in [4.78, 5) is 24.6. The normalized spacial score (nSPS) is 19.0. The summed E-state index contributed by atoms with van der Waals surface area (Å²) < 4.78 is 0. The third kappa shape index (κ3) is 8.62. The lowest BCUT2D eigenvalue weighted by molar-refractivity contribution is -0.137. The van der Waals surface area contributed by atoms with Crippen LogP contribution in [0.4, 0.5) is 0 Å². The Bertz CT molecular complexity index is 664. The standard InChI is InChI=1S/C23H33NO4S/c1-18(9-10-19-6-3-2-4-7-19)21(25)13-11-20-12-14-22(26)24(20)15-17-29-16-5-8-23(27)28/h2-4,6-7,11,13,18,20-21,25H,5,8-10,12,14-17H2,1H3,(H,27,28)/t18-,20-,21+/m0/s1. The molecule has 1 heterocycles. The third-order valence-corrected chi connectivity index (χ3v) is 6.42. The summed E-state index contributed by atoms with van der Waals surface area (Å²) in [5, 5.41) is 19.1. The summed E-state index contributed by atoms with van der Waals surface area (Å²) in [6, 6.07) is 10.3. The highest BCUT2D eigenvalue weighted by Gasteiger charge is 2.28. The fourth-order valence-electron chi connectivity index (χ4n) is 3.48. The smallest absolute Gasteiger partial charge is 0.303 e. The summed E-state index contributed by atoms with van der Waals surface area (Å²) >= 11 is 1.69. The Labute approximate surface area is 178 Å². The Balaban J connectivity index is 1.73. The van der Waals surface area contributed by atoms with Crippen LogP contribution in [0.15, 0.2) is 42.5 Å². The molecule has 0 aromatic heterocycles. The number of amides is 1. The molecule has 1 amide bonds. The number of carboxylic acid groups (broad SMARTS) is 1. The quantitative estimate of drug-likeness (QED) is 0.376. The van der Waals surface area contributed by atoms with Crippen molar-refractivity contribution in [2.45, 2.75) is 57.6 Å². The lowest BCUT2D eigenvalue weighted by atomic mass is 9.95. The number of hydrogen-bond donors (Lipinski definition) is 2. The number of thioether (sulfide) groups is 1. The Morgan fingerprint density at radius 1 is 1.31 bits per heavy atom. The van der Waals surface area contributed by atoms with Crippen molar-refractivity contribution in [3.8, 4) is 0 Å². The molecule has 1 aromatic rings. The Morgan fingerprint density at radius 3 is 2.79 bits per heavy atom. The molecule has 160 valence electrons. The zero-order valence-electron chi connectivity index (χ0n) is 17.2. The molecule has 2 rings (SSSR count). The molecule has 0 radical (unpaired) electrons. The molecule has 6 heteroatoms. The van der Waals surface area contributed by atoms with E-state index in [0.29, 0.717) is 19.4 Å². The van der Waals surface area contributed by atoms with Crippen LogP contribution in [0.2, 0.25) is 0 Å². The van der Waals surface area contributed by atoms with E-state index in [9.17, 15) is 14.7 Å². The van der Waals surface area contributed by atoms with Crippen molar-refractivity contribution in [3.63, 3.8) is 0 Å².